The number of nitrogens with zero attached hydrogens (tertiary/aromatic N) is 3. The fourth-order valence-electron chi connectivity index (χ4n) is 1.82. The van der Waals surface area contributed by atoms with Gasteiger partial charge in [0.1, 0.15) is 6.61 Å². The lowest BCUT2D eigenvalue weighted by atomic mass is 10.2. The maximum absolute atomic E-state index is 11.1. The van der Waals surface area contributed by atoms with Crippen LogP contribution in [0.3, 0.4) is 0 Å². The lowest BCUT2D eigenvalue weighted by Gasteiger charge is -2.08. The molecule has 7 nitrogen and oxygen atoms in total. The van der Waals surface area contributed by atoms with E-state index in [1.54, 1.807) is 24.0 Å². The molecule has 0 amide bonds. The number of aromatic nitrogens is 2. The van der Waals surface area contributed by atoms with E-state index in [2.05, 4.69) is 10.4 Å². The van der Waals surface area contributed by atoms with Crippen LogP contribution in [-0.4, -0.2) is 28.4 Å². The van der Waals surface area contributed by atoms with Gasteiger partial charge in [0.25, 0.3) is 0 Å². The van der Waals surface area contributed by atoms with Crippen molar-refractivity contribution in [1.82, 2.24) is 15.1 Å². The minimum atomic E-state index is -0.428. The zero-order chi connectivity index (χ0) is 14.4. The molecule has 1 aromatic carbocycles. The van der Waals surface area contributed by atoms with E-state index >= 15 is 0 Å². The summed E-state index contributed by atoms with van der Waals surface area (Å²) in [6.07, 6.45) is 3.49. The number of nitro groups is 1. The van der Waals surface area contributed by atoms with Crippen LogP contribution in [0.5, 0.6) is 5.75 Å². The first kappa shape index (κ1) is 14.0. The van der Waals surface area contributed by atoms with E-state index in [-0.39, 0.29) is 11.4 Å². The van der Waals surface area contributed by atoms with Gasteiger partial charge in [-0.2, -0.15) is 5.10 Å². The molecule has 0 bridgehead atoms. The number of nitro benzene ring substituents is 1. The third-order valence-electron chi connectivity index (χ3n) is 2.74. The molecule has 20 heavy (non-hydrogen) atoms. The van der Waals surface area contributed by atoms with E-state index in [0.717, 1.165) is 5.56 Å². The van der Waals surface area contributed by atoms with Crippen LogP contribution < -0.4 is 10.1 Å². The van der Waals surface area contributed by atoms with Crippen molar-refractivity contribution in [2.75, 3.05) is 13.7 Å². The van der Waals surface area contributed by atoms with Crippen molar-refractivity contribution in [3.05, 3.63) is 52.3 Å². The van der Waals surface area contributed by atoms with E-state index in [1.807, 2.05) is 18.3 Å². The molecule has 7 heteroatoms. The van der Waals surface area contributed by atoms with Crippen molar-refractivity contribution >= 4 is 5.69 Å². The first-order chi connectivity index (χ1) is 9.70. The van der Waals surface area contributed by atoms with Crippen LogP contribution in [0.1, 0.15) is 5.56 Å². The van der Waals surface area contributed by atoms with Crippen LogP contribution in [0.15, 0.2) is 36.7 Å². The van der Waals surface area contributed by atoms with Crippen molar-refractivity contribution in [1.29, 1.82) is 0 Å². The average molecular weight is 276 g/mol. The summed E-state index contributed by atoms with van der Waals surface area (Å²) in [5.41, 5.74) is 0.830. The summed E-state index contributed by atoms with van der Waals surface area (Å²) in [5.74, 6) is 0.280. The minimum Gasteiger partial charge on any atom is -0.485 e. The highest BCUT2D eigenvalue weighted by molar-refractivity contribution is 5.48. The maximum atomic E-state index is 11.1. The van der Waals surface area contributed by atoms with E-state index < -0.39 is 4.92 Å². The van der Waals surface area contributed by atoms with Crippen LogP contribution in [-0.2, 0) is 13.1 Å². The van der Waals surface area contributed by atoms with Crippen molar-refractivity contribution in [2.45, 2.75) is 13.1 Å². The van der Waals surface area contributed by atoms with Crippen molar-refractivity contribution in [3.8, 4) is 5.75 Å². The molecule has 0 saturated heterocycles. The fraction of sp³-hybridized carbons (Fsp3) is 0.308. The average Bonchev–Trinajstić information content (AvgIpc) is 2.93. The quantitative estimate of drug-likeness (QED) is 0.613. The Bertz CT molecular complexity index is 569. The fourth-order valence-corrected chi connectivity index (χ4v) is 1.82. The number of hydrogen-bond donors (Lipinski definition) is 1. The van der Waals surface area contributed by atoms with Gasteiger partial charge in [-0.05, 0) is 24.7 Å². The predicted molar refractivity (Wildman–Crippen MR) is 73.6 cm³/mol. The van der Waals surface area contributed by atoms with Gasteiger partial charge in [-0.15, -0.1) is 0 Å². The van der Waals surface area contributed by atoms with Crippen LogP contribution in [0.4, 0.5) is 5.69 Å². The van der Waals surface area contributed by atoms with Crippen LogP contribution in [0.2, 0.25) is 0 Å². The molecule has 106 valence electrons. The second-order valence-electron chi connectivity index (χ2n) is 4.21. The number of nitrogens with one attached hydrogen (secondary N) is 1. The van der Waals surface area contributed by atoms with Crippen molar-refractivity contribution < 1.29 is 9.66 Å². The topological polar surface area (TPSA) is 82.2 Å². The largest absolute Gasteiger partial charge is 0.485 e. The molecule has 0 unspecified atom stereocenters. The molecular formula is C13H16N4O3. The number of rotatable bonds is 7. The molecule has 0 saturated carbocycles. The first-order valence-corrected chi connectivity index (χ1v) is 6.23. The molecule has 0 aliphatic rings. The van der Waals surface area contributed by atoms with E-state index in [0.29, 0.717) is 19.7 Å². The van der Waals surface area contributed by atoms with Gasteiger partial charge in [0.05, 0.1) is 11.5 Å². The zero-order valence-corrected chi connectivity index (χ0v) is 11.2. The smallest absolute Gasteiger partial charge is 0.311 e. The molecular weight excluding hydrogens is 260 g/mol. The second-order valence-corrected chi connectivity index (χ2v) is 4.21. The third-order valence-corrected chi connectivity index (χ3v) is 2.74. The maximum Gasteiger partial charge on any atom is 0.311 e. The Hall–Kier alpha value is -2.41. The Kier molecular flexibility index (Phi) is 4.67. The summed E-state index contributed by atoms with van der Waals surface area (Å²) in [4.78, 5) is 10.6. The molecule has 2 rings (SSSR count). The van der Waals surface area contributed by atoms with Gasteiger partial charge >= 0.3 is 5.69 Å². The summed E-state index contributed by atoms with van der Waals surface area (Å²) in [5, 5.41) is 18.1. The highest BCUT2D eigenvalue weighted by Crippen LogP contribution is 2.27. The standard InChI is InChI=1S/C13H16N4O3/c1-14-10-11-3-4-13(12(9-11)17(18)19)20-8-7-16-6-2-5-15-16/h2-6,9,14H,7-8,10H2,1H3. The molecule has 0 radical (unpaired) electrons. The Labute approximate surface area is 116 Å². The highest BCUT2D eigenvalue weighted by atomic mass is 16.6. The predicted octanol–water partition coefficient (Wildman–Crippen LogP) is 1.59. The van der Waals surface area contributed by atoms with Crippen LogP contribution in [0, 0.1) is 10.1 Å². The number of benzene rings is 1. The molecule has 1 N–H and O–H groups in total. The molecule has 0 spiro atoms. The van der Waals surface area contributed by atoms with Crippen LogP contribution >= 0.6 is 0 Å². The zero-order valence-electron chi connectivity index (χ0n) is 11.2. The van der Waals surface area contributed by atoms with E-state index in [1.165, 1.54) is 6.07 Å². The SMILES string of the molecule is CNCc1ccc(OCCn2cccn2)c([N+](=O)[O-])c1. The first-order valence-electron chi connectivity index (χ1n) is 6.23. The molecule has 0 fully saturated rings. The molecule has 0 aliphatic carbocycles. The van der Waals surface area contributed by atoms with Gasteiger partial charge < -0.3 is 10.1 Å². The molecule has 0 aliphatic heterocycles. The van der Waals surface area contributed by atoms with Crippen molar-refractivity contribution in [2.24, 2.45) is 0 Å². The van der Waals surface area contributed by atoms with Gasteiger partial charge in [0.15, 0.2) is 5.75 Å². The van der Waals surface area contributed by atoms with Gasteiger partial charge in [0.2, 0.25) is 0 Å². The summed E-state index contributed by atoms with van der Waals surface area (Å²) >= 11 is 0. The van der Waals surface area contributed by atoms with Gasteiger partial charge in [-0.1, -0.05) is 6.07 Å². The lowest BCUT2D eigenvalue weighted by Crippen LogP contribution is -2.10. The second kappa shape index (κ2) is 6.67. The molecule has 2 aromatic rings. The Morgan fingerprint density at radius 3 is 3.00 bits per heavy atom. The highest BCUT2D eigenvalue weighted by Gasteiger charge is 2.15. The lowest BCUT2D eigenvalue weighted by molar-refractivity contribution is -0.385. The summed E-state index contributed by atoms with van der Waals surface area (Å²) in [6, 6.07) is 6.79. The summed E-state index contributed by atoms with van der Waals surface area (Å²) in [7, 11) is 1.79. The van der Waals surface area contributed by atoms with Gasteiger partial charge in [-0.3, -0.25) is 14.8 Å². The molecule has 0 atom stereocenters. The number of hydrogen-bond acceptors (Lipinski definition) is 5. The third kappa shape index (κ3) is 3.55. The molecule has 1 heterocycles. The number of ether oxygens (including phenoxy) is 1. The normalized spacial score (nSPS) is 10.4. The summed E-state index contributed by atoms with van der Waals surface area (Å²) < 4.78 is 7.19. The monoisotopic (exact) mass is 276 g/mol. The minimum absolute atomic E-state index is 0.0155. The summed E-state index contributed by atoms with van der Waals surface area (Å²) in [6.45, 7) is 1.45. The van der Waals surface area contributed by atoms with E-state index in [4.69, 9.17) is 4.74 Å². The van der Waals surface area contributed by atoms with Gasteiger partial charge in [0, 0.05) is 25.0 Å². The van der Waals surface area contributed by atoms with Crippen molar-refractivity contribution in [3.63, 3.8) is 0 Å². The Balaban J connectivity index is 2.04. The van der Waals surface area contributed by atoms with Gasteiger partial charge in [-0.25, -0.2) is 0 Å². The Morgan fingerprint density at radius 1 is 1.50 bits per heavy atom. The van der Waals surface area contributed by atoms with Crippen LogP contribution in [0.25, 0.3) is 0 Å². The molecule has 1 aromatic heterocycles. The Morgan fingerprint density at radius 2 is 2.35 bits per heavy atom. The van der Waals surface area contributed by atoms with E-state index in [9.17, 15) is 10.1 Å².